The number of hydrogen-bond donors (Lipinski definition) is 1. The fourth-order valence-electron chi connectivity index (χ4n) is 6.03. The molecule has 0 aliphatic heterocycles. The number of nitrogens with zero attached hydrogens (tertiary/aromatic N) is 4. The van der Waals surface area contributed by atoms with Gasteiger partial charge < -0.3 is 10.0 Å². The van der Waals surface area contributed by atoms with Crippen molar-refractivity contribution in [1.82, 2.24) is 14.8 Å². The molecule has 6 rings (SSSR count). The highest BCUT2D eigenvalue weighted by molar-refractivity contribution is 6.42. The van der Waals surface area contributed by atoms with E-state index in [-0.39, 0.29) is 33.7 Å². The molecule has 0 saturated heterocycles. The zero-order chi connectivity index (χ0) is 35.4. The third kappa shape index (κ3) is 6.78. The van der Waals surface area contributed by atoms with Crippen LogP contribution >= 0.6 is 34.8 Å². The molecule has 1 amide bonds. The Kier molecular flexibility index (Phi) is 10.2. The molecular formula is C39H29Cl3N4O4. The molecule has 0 fully saturated rings. The molecule has 1 aromatic heterocycles. The average molecular weight is 724 g/mol. The van der Waals surface area contributed by atoms with Gasteiger partial charge in [0.2, 0.25) is 17.5 Å². The second kappa shape index (κ2) is 14.7. The van der Waals surface area contributed by atoms with Crippen molar-refractivity contribution in [2.75, 3.05) is 4.90 Å². The third-order valence-electron chi connectivity index (χ3n) is 8.34. The van der Waals surface area contributed by atoms with E-state index < -0.39 is 29.6 Å². The van der Waals surface area contributed by atoms with Gasteiger partial charge in [-0.2, -0.15) is 0 Å². The SMILES string of the molecule is Cc1nc(C(=O)CC(=O)N(Cc2ccc(Cl)c(Cl)c2)c2ccc(C(=O)O)c(Cl)c2)nn1C(c1ccccc1)(c1ccccc1)c1ccccc1. The number of aromatic carboxylic acids is 1. The number of amides is 1. The Balaban J connectivity index is 1.40. The van der Waals surface area contributed by atoms with Crippen LogP contribution in [0.2, 0.25) is 15.1 Å². The first-order valence-corrected chi connectivity index (χ1v) is 16.6. The minimum Gasteiger partial charge on any atom is -0.478 e. The standard InChI is InChI=1S/C39H29Cl3N4O4/c1-25-43-37(44-46(25)39(27-11-5-2-6-12-27,28-13-7-3-8-14-28)29-15-9-4-10-16-29)35(47)23-36(48)45(24-26-17-20-32(40)34(42)21-26)30-18-19-31(38(49)50)33(41)22-30/h2-22H,23-24H2,1H3,(H,49,50). The molecule has 0 saturated carbocycles. The van der Waals surface area contributed by atoms with Gasteiger partial charge in [0.15, 0.2) is 0 Å². The first kappa shape index (κ1) is 34.6. The van der Waals surface area contributed by atoms with Gasteiger partial charge in [-0.05, 0) is 59.5 Å². The Morgan fingerprint density at radius 2 is 1.28 bits per heavy atom. The highest BCUT2D eigenvalue weighted by Gasteiger charge is 2.41. The van der Waals surface area contributed by atoms with Gasteiger partial charge in [0.25, 0.3) is 0 Å². The lowest BCUT2D eigenvalue weighted by atomic mass is 9.77. The van der Waals surface area contributed by atoms with Crippen molar-refractivity contribution < 1.29 is 19.5 Å². The lowest BCUT2D eigenvalue weighted by Gasteiger charge is -2.36. The third-order valence-corrected chi connectivity index (χ3v) is 9.39. The lowest BCUT2D eigenvalue weighted by molar-refractivity contribution is -0.117. The monoisotopic (exact) mass is 722 g/mol. The number of benzene rings is 5. The molecule has 8 nitrogen and oxygen atoms in total. The molecule has 5 aromatic carbocycles. The van der Waals surface area contributed by atoms with Crippen molar-refractivity contribution >= 4 is 58.1 Å². The van der Waals surface area contributed by atoms with Gasteiger partial charge in [-0.3, -0.25) is 9.59 Å². The van der Waals surface area contributed by atoms with Crippen LogP contribution in [0.4, 0.5) is 5.69 Å². The van der Waals surface area contributed by atoms with Crippen LogP contribution < -0.4 is 4.90 Å². The predicted molar refractivity (Wildman–Crippen MR) is 194 cm³/mol. The molecule has 0 spiro atoms. The largest absolute Gasteiger partial charge is 0.478 e. The number of carboxylic acid groups (broad SMARTS) is 1. The van der Waals surface area contributed by atoms with Crippen molar-refractivity contribution in [3.05, 3.63) is 182 Å². The van der Waals surface area contributed by atoms with E-state index >= 15 is 0 Å². The van der Waals surface area contributed by atoms with Gasteiger partial charge in [0.05, 0.1) is 33.6 Å². The number of halogens is 3. The summed E-state index contributed by atoms with van der Waals surface area (Å²) in [6.45, 7) is 1.77. The van der Waals surface area contributed by atoms with Crippen molar-refractivity contribution in [2.45, 2.75) is 25.4 Å². The number of aromatic nitrogens is 3. The average Bonchev–Trinajstić information content (AvgIpc) is 3.52. The zero-order valence-corrected chi connectivity index (χ0v) is 28.9. The van der Waals surface area contributed by atoms with Crippen LogP contribution in [-0.2, 0) is 16.9 Å². The maximum atomic E-state index is 14.0. The molecule has 0 bridgehead atoms. The molecule has 1 N–H and O–H groups in total. The van der Waals surface area contributed by atoms with Crippen LogP contribution in [0.5, 0.6) is 0 Å². The number of anilines is 1. The molecule has 6 aromatic rings. The summed E-state index contributed by atoms with van der Waals surface area (Å²) in [6.07, 6.45) is -0.585. The van der Waals surface area contributed by atoms with Crippen molar-refractivity contribution in [3.63, 3.8) is 0 Å². The molecule has 0 unspecified atom stereocenters. The maximum Gasteiger partial charge on any atom is 0.337 e. The minimum absolute atomic E-state index is 0.00816. The number of rotatable bonds is 11. The summed E-state index contributed by atoms with van der Waals surface area (Å²) >= 11 is 18.7. The van der Waals surface area contributed by atoms with Crippen LogP contribution in [-0.4, -0.2) is 37.5 Å². The highest BCUT2D eigenvalue weighted by Crippen LogP contribution is 2.41. The van der Waals surface area contributed by atoms with E-state index in [1.165, 1.54) is 23.1 Å². The zero-order valence-electron chi connectivity index (χ0n) is 26.6. The van der Waals surface area contributed by atoms with Crippen LogP contribution in [0, 0.1) is 6.92 Å². The van der Waals surface area contributed by atoms with Gasteiger partial charge in [-0.15, -0.1) is 5.10 Å². The van der Waals surface area contributed by atoms with E-state index in [0.29, 0.717) is 16.4 Å². The quantitative estimate of drug-likeness (QED) is 0.0814. The molecule has 50 heavy (non-hydrogen) atoms. The molecular weight excluding hydrogens is 695 g/mol. The Morgan fingerprint density at radius 3 is 1.78 bits per heavy atom. The topological polar surface area (TPSA) is 105 Å². The molecule has 1 heterocycles. The minimum atomic E-state index is -1.21. The summed E-state index contributed by atoms with van der Waals surface area (Å²) in [7, 11) is 0. The second-order valence-electron chi connectivity index (χ2n) is 11.5. The van der Waals surface area contributed by atoms with Gasteiger partial charge in [-0.1, -0.05) is 132 Å². The summed E-state index contributed by atoms with van der Waals surface area (Å²) in [6, 6.07) is 38.6. The summed E-state index contributed by atoms with van der Waals surface area (Å²) in [5, 5.41) is 14.9. The smallest absolute Gasteiger partial charge is 0.337 e. The Hall–Kier alpha value is -5.28. The first-order valence-electron chi connectivity index (χ1n) is 15.5. The van der Waals surface area contributed by atoms with E-state index in [0.717, 1.165) is 16.7 Å². The number of carbonyl (C=O) groups excluding carboxylic acids is 2. The maximum absolute atomic E-state index is 14.0. The number of Topliss-reactive ketones (excluding diaryl/α,β-unsaturated/α-hetero) is 1. The van der Waals surface area contributed by atoms with Crippen molar-refractivity contribution in [2.24, 2.45) is 0 Å². The summed E-state index contributed by atoms with van der Waals surface area (Å²) in [5.41, 5.74) is 2.47. The predicted octanol–water partition coefficient (Wildman–Crippen LogP) is 8.89. The van der Waals surface area contributed by atoms with Crippen LogP contribution in [0.3, 0.4) is 0 Å². The van der Waals surface area contributed by atoms with E-state index in [9.17, 15) is 19.5 Å². The Bertz CT molecular complexity index is 2100. The lowest BCUT2D eigenvalue weighted by Crippen LogP contribution is -2.39. The normalized spacial score (nSPS) is 11.3. The van der Waals surface area contributed by atoms with Crippen LogP contribution in [0.15, 0.2) is 127 Å². The van der Waals surface area contributed by atoms with Gasteiger partial charge in [0, 0.05) is 5.69 Å². The fraction of sp³-hybridized carbons (Fsp3) is 0.103. The Morgan fingerprint density at radius 1 is 0.720 bits per heavy atom. The van der Waals surface area contributed by atoms with Crippen molar-refractivity contribution in [1.29, 1.82) is 0 Å². The van der Waals surface area contributed by atoms with Crippen LogP contribution in [0.1, 0.15) is 55.5 Å². The fourth-order valence-corrected chi connectivity index (χ4v) is 6.61. The number of hydrogen-bond acceptors (Lipinski definition) is 5. The molecule has 0 atom stereocenters. The summed E-state index contributed by atoms with van der Waals surface area (Å²) in [5.74, 6) is -2.08. The number of aryl methyl sites for hydroxylation is 1. The number of carboxylic acids is 1. The van der Waals surface area contributed by atoms with Crippen molar-refractivity contribution in [3.8, 4) is 0 Å². The van der Waals surface area contributed by atoms with E-state index in [1.807, 2.05) is 91.0 Å². The van der Waals surface area contributed by atoms with Crippen LogP contribution in [0.25, 0.3) is 0 Å². The molecule has 0 aliphatic carbocycles. The summed E-state index contributed by atoms with van der Waals surface area (Å²) in [4.78, 5) is 45.5. The second-order valence-corrected chi connectivity index (χ2v) is 12.7. The number of ketones is 1. The number of carbonyl (C=O) groups is 3. The van der Waals surface area contributed by atoms with E-state index in [2.05, 4.69) is 4.98 Å². The molecule has 0 radical (unpaired) electrons. The molecule has 0 aliphatic rings. The Labute approximate surface area is 303 Å². The summed E-state index contributed by atoms with van der Waals surface area (Å²) < 4.78 is 1.74. The van der Waals surface area contributed by atoms with E-state index in [4.69, 9.17) is 39.9 Å². The van der Waals surface area contributed by atoms with Gasteiger partial charge in [0.1, 0.15) is 11.4 Å². The highest BCUT2D eigenvalue weighted by atomic mass is 35.5. The first-order chi connectivity index (χ1) is 24.1. The van der Waals surface area contributed by atoms with Gasteiger partial charge >= 0.3 is 5.97 Å². The van der Waals surface area contributed by atoms with E-state index in [1.54, 1.807) is 29.8 Å². The molecule has 11 heteroatoms. The van der Waals surface area contributed by atoms with Gasteiger partial charge in [-0.25, -0.2) is 14.5 Å². The molecule has 250 valence electrons.